The summed E-state index contributed by atoms with van der Waals surface area (Å²) in [5.74, 6) is 1.14. The second-order valence-corrected chi connectivity index (χ2v) is 11.6. The van der Waals surface area contributed by atoms with E-state index < -0.39 is 12.1 Å². The molecular weight excluding hydrogens is 620 g/mol. The molecule has 256 valence electrons. The Hall–Kier alpha value is -4.65. The molecule has 0 aliphatic carbocycles. The summed E-state index contributed by atoms with van der Waals surface area (Å²) in [6.45, 7) is 1.12. The van der Waals surface area contributed by atoms with Gasteiger partial charge in [-0.2, -0.15) is 0 Å². The average Bonchev–Trinajstić information content (AvgIpc) is 3.25. The number of nitrogens with one attached hydrogen (secondary N) is 1. The van der Waals surface area contributed by atoms with Crippen molar-refractivity contribution in [3.8, 4) is 23.0 Å². The largest absolute Gasteiger partial charge is 0.493 e. The van der Waals surface area contributed by atoms with Crippen molar-refractivity contribution >= 4 is 17.7 Å². The number of imide groups is 1. The van der Waals surface area contributed by atoms with E-state index in [1.165, 1.54) is 4.90 Å². The van der Waals surface area contributed by atoms with Gasteiger partial charge in [0.2, 0.25) is 0 Å². The molecule has 12 heteroatoms. The number of ether oxygens (including phenoxy) is 4. The van der Waals surface area contributed by atoms with Crippen LogP contribution in [-0.4, -0.2) is 81.0 Å². The van der Waals surface area contributed by atoms with Gasteiger partial charge in [0.25, 0.3) is 17.7 Å². The minimum Gasteiger partial charge on any atom is -0.493 e. The lowest BCUT2D eigenvalue weighted by Gasteiger charge is -2.23. The second kappa shape index (κ2) is 17.0. The molecule has 2 atom stereocenters. The summed E-state index contributed by atoms with van der Waals surface area (Å²) < 4.78 is 22.2. The monoisotopic (exact) mass is 662 g/mol. The van der Waals surface area contributed by atoms with Gasteiger partial charge in [0, 0.05) is 6.54 Å². The highest BCUT2D eigenvalue weighted by atomic mass is 17.2. The minimum absolute atomic E-state index is 0.136. The van der Waals surface area contributed by atoms with Crippen LogP contribution in [0.3, 0.4) is 0 Å². The molecule has 0 spiro atoms. The number of unbranched alkanes of at least 4 members (excludes halogenated alkanes) is 1. The van der Waals surface area contributed by atoms with E-state index in [1.54, 1.807) is 50.6 Å². The van der Waals surface area contributed by atoms with E-state index in [-0.39, 0.29) is 36.5 Å². The average molecular weight is 663 g/mol. The highest BCUT2D eigenvalue weighted by molar-refractivity contribution is 6.22. The molecule has 3 aromatic carbocycles. The Kier molecular flexibility index (Phi) is 12.2. The lowest BCUT2D eigenvalue weighted by molar-refractivity contribution is -0.291. The summed E-state index contributed by atoms with van der Waals surface area (Å²) in [7, 11) is 3.18. The number of fused-ring (bicyclic) bond motifs is 1. The third kappa shape index (κ3) is 8.62. The molecule has 2 aliphatic rings. The zero-order valence-electron chi connectivity index (χ0n) is 27.3. The quantitative estimate of drug-likeness (QED) is 0.129. The SMILES string of the molecule is COc1ccc(CCC(O)c2cccc(OCC(=O)NCCCCOc3cccc4c3C(=O)N(C3CCCOOC3)C4=O)c2)cc1OC. The smallest absolute Gasteiger partial charge is 0.265 e. The van der Waals surface area contributed by atoms with Crippen LogP contribution in [-0.2, 0) is 21.0 Å². The fourth-order valence-corrected chi connectivity index (χ4v) is 5.73. The Morgan fingerprint density at radius 1 is 0.958 bits per heavy atom. The Bertz CT molecular complexity index is 1570. The summed E-state index contributed by atoms with van der Waals surface area (Å²) in [5.41, 5.74) is 2.31. The Morgan fingerprint density at radius 2 is 1.79 bits per heavy atom. The maximum atomic E-state index is 13.2. The molecule has 0 aromatic heterocycles. The van der Waals surface area contributed by atoms with Crippen LogP contribution in [0.1, 0.15) is 70.1 Å². The number of aryl methyl sites for hydroxylation is 1. The van der Waals surface area contributed by atoms with Crippen LogP contribution in [0.15, 0.2) is 60.7 Å². The standard InChI is InChI=1S/C36H42N2O10/c1-43-30-16-14-24(20-32(30)44-2)13-15-29(39)25-8-5-10-27(21-25)46-23-33(40)37-17-3-4-18-45-31-12-6-11-28-34(31)36(42)38(35(28)41)26-9-7-19-47-48-22-26/h5-6,8,10-12,14,16,20-21,26,29,39H,3-4,7,9,13,15,17-19,22-23H2,1-2H3,(H,37,40). The molecule has 2 aliphatic heterocycles. The van der Waals surface area contributed by atoms with E-state index in [4.69, 9.17) is 28.7 Å². The zero-order chi connectivity index (χ0) is 33.9. The van der Waals surface area contributed by atoms with Crippen LogP contribution >= 0.6 is 0 Å². The van der Waals surface area contributed by atoms with Crippen LogP contribution in [0, 0.1) is 0 Å². The number of rotatable bonds is 16. The van der Waals surface area contributed by atoms with Gasteiger partial charge in [0.1, 0.15) is 18.1 Å². The number of carbonyl (C=O) groups excluding carboxylic acids is 3. The van der Waals surface area contributed by atoms with Gasteiger partial charge in [-0.15, -0.1) is 0 Å². The third-order valence-corrected chi connectivity index (χ3v) is 8.30. The number of benzene rings is 3. The molecule has 1 fully saturated rings. The van der Waals surface area contributed by atoms with E-state index in [0.717, 1.165) is 5.56 Å². The van der Waals surface area contributed by atoms with Gasteiger partial charge in [0.15, 0.2) is 18.1 Å². The van der Waals surface area contributed by atoms with Gasteiger partial charge in [-0.25, -0.2) is 9.78 Å². The van der Waals surface area contributed by atoms with Gasteiger partial charge in [-0.3, -0.25) is 19.3 Å². The first-order valence-corrected chi connectivity index (χ1v) is 16.2. The maximum Gasteiger partial charge on any atom is 0.265 e. The first kappa shape index (κ1) is 34.7. The number of hydrogen-bond donors (Lipinski definition) is 2. The number of amides is 3. The normalized spacial score (nSPS) is 16.6. The summed E-state index contributed by atoms with van der Waals surface area (Å²) in [6, 6.07) is 17.4. The number of aliphatic hydroxyl groups is 1. The highest BCUT2D eigenvalue weighted by Crippen LogP contribution is 2.34. The van der Waals surface area contributed by atoms with E-state index in [0.29, 0.717) is 92.4 Å². The zero-order valence-corrected chi connectivity index (χ0v) is 27.3. The van der Waals surface area contributed by atoms with Crippen molar-refractivity contribution in [2.45, 2.75) is 50.7 Å². The van der Waals surface area contributed by atoms with E-state index >= 15 is 0 Å². The number of aliphatic hydroxyl groups excluding tert-OH is 1. The summed E-state index contributed by atoms with van der Waals surface area (Å²) in [5, 5.41) is 13.6. The Balaban J connectivity index is 1.01. The molecule has 48 heavy (non-hydrogen) atoms. The Labute approximate surface area is 279 Å². The van der Waals surface area contributed by atoms with E-state index in [9.17, 15) is 19.5 Å². The summed E-state index contributed by atoms with van der Waals surface area (Å²) in [4.78, 5) is 50.1. The molecule has 5 rings (SSSR count). The first-order valence-electron chi connectivity index (χ1n) is 16.2. The highest BCUT2D eigenvalue weighted by Gasteiger charge is 2.42. The molecule has 0 saturated carbocycles. The van der Waals surface area contributed by atoms with Gasteiger partial charge in [-0.05, 0) is 86.1 Å². The number of carbonyl (C=O) groups is 3. The molecule has 12 nitrogen and oxygen atoms in total. The topological polar surface area (TPSA) is 142 Å². The van der Waals surface area contributed by atoms with Crippen molar-refractivity contribution < 1.29 is 48.2 Å². The van der Waals surface area contributed by atoms with Crippen molar-refractivity contribution in [3.63, 3.8) is 0 Å². The molecule has 2 N–H and O–H groups in total. The van der Waals surface area contributed by atoms with Crippen LogP contribution < -0.4 is 24.3 Å². The van der Waals surface area contributed by atoms with Gasteiger partial charge >= 0.3 is 0 Å². The maximum absolute atomic E-state index is 13.2. The predicted octanol–water partition coefficient (Wildman–Crippen LogP) is 4.43. The molecule has 0 radical (unpaired) electrons. The molecule has 2 heterocycles. The van der Waals surface area contributed by atoms with Crippen LogP contribution in [0.2, 0.25) is 0 Å². The van der Waals surface area contributed by atoms with Crippen molar-refractivity contribution in [3.05, 3.63) is 82.9 Å². The molecule has 3 aromatic rings. The number of hydrogen-bond acceptors (Lipinski definition) is 10. The van der Waals surface area contributed by atoms with Crippen molar-refractivity contribution in [2.24, 2.45) is 0 Å². The fourth-order valence-electron chi connectivity index (χ4n) is 5.73. The van der Waals surface area contributed by atoms with Crippen LogP contribution in [0.25, 0.3) is 0 Å². The second-order valence-electron chi connectivity index (χ2n) is 11.6. The lowest BCUT2D eigenvalue weighted by Crippen LogP contribution is -2.42. The molecule has 3 amide bonds. The summed E-state index contributed by atoms with van der Waals surface area (Å²) >= 11 is 0. The van der Waals surface area contributed by atoms with Gasteiger partial charge in [-0.1, -0.05) is 24.3 Å². The van der Waals surface area contributed by atoms with Crippen molar-refractivity contribution in [2.75, 3.05) is 47.2 Å². The first-order chi connectivity index (χ1) is 23.4. The van der Waals surface area contributed by atoms with Crippen molar-refractivity contribution in [1.82, 2.24) is 10.2 Å². The van der Waals surface area contributed by atoms with E-state index in [2.05, 4.69) is 5.32 Å². The molecular formula is C36H42N2O10. The molecule has 2 unspecified atom stereocenters. The van der Waals surface area contributed by atoms with Gasteiger partial charge < -0.3 is 29.4 Å². The fraction of sp³-hybridized carbons (Fsp3) is 0.417. The molecule has 0 bridgehead atoms. The summed E-state index contributed by atoms with van der Waals surface area (Å²) in [6.07, 6.45) is 2.97. The van der Waals surface area contributed by atoms with Crippen LogP contribution in [0.5, 0.6) is 23.0 Å². The molecule has 1 saturated heterocycles. The van der Waals surface area contributed by atoms with Crippen molar-refractivity contribution in [1.29, 1.82) is 0 Å². The third-order valence-electron chi connectivity index (χ3n) is 8.30. The van der Waals surface area contributed by atoms with E-state index in [1.807, 2.05) is 24.3 Å². The predicted molar refractivity (Wildman–Crippen MR) is 174 cm³/mol. The minimum atomic E-state index is -0.710. The van der Waals surface area contributed by atoms with Crippen LogP contribution in [0.4, 0.5) is 0 Å². The Morgan fingerprint density at radius 3 is 2.62 bits per heavy atom. The number of methoxy groups -OCH3 is 2. The number of nitrogens with zero attached hydrogens (tertiary/aromatic N) is 1. The van der Waals surface area contributed by atoms with Gasteiger partial charge in [0.05, 0.1) is 50.7 Å². The lowest BCUT2D eigenvalue weighted by atomic mass is 10.0.